The number of aliphatic hydroxyl groups excluding tert-OH is 1. The largest absolute Gasteiger partial charge is 0.409 e. The van der Waals surface area contributed by atoms with Gasteiger partial charge in [-0.1, -0.05) is 5.16 Å². The van der Waals surface area contributed by atoms with E-state index in [1.165, 1.54) is 18.9 Å². The highest BCUT2D eigenvalue weighted by molar-refractivity contribution is 5.97. The maximum absolute atomic E-state index is 13.8. The number of halogens is 2. The van der Waals surface area contributed by atoms with E-state index in [-0.39, 0.29) is 23.6 Å². The summed E-state index contributed by atoms with van der Waals surface area (Å²) in [5.41, 5.74) is 4.93. The van der Waals surface area contributed by atoms with E-state index in [4.69, 9.17) is 10.9 Å². The van der Waals surface area contributed by atoms with Gasteiger partial charge in [-0.15, -0.1) is 0 Å². The molecule has 4 N–H and O–H groups in total. The molecule has 100 valence electrons. The number of nitrogens with zero attached hydrogens (tertiary/aromatic N) is 2. The number of benzene rings is 1. The highest BCUT2D eigenvalue weighted by Crippen LogP contribution is 2.24. The van der Waals surface area contributed by atoms with E-state index in [0.29, 0.717) is 0 Å². The number of rotatable bonds is 4. The highest BCUT2D eigenvalue weighted by atomic mass is 19.1. The second-order valence-electron chi connectivity index (χ2n) is 4.00. The van der Waals surface area contributed by atoms with Crippen molar-refractivity contribution in [3.8, 4) is 0 Å². The number of anilines is 1. The van der Waals surface area contributed by atoms with Crippen LogP contribution in [0.4, 0.5) is 14.5 Å². The first-order chi connectivity index (χ1) is 8.36. The van der Waals surface area contributed by atoms with Crippen molar-refractivity contribution in [2.45, 2.75) is 13.0 Å². The molecule has 0 aromatic heterocycles. The van der Waals surface area contributed by atoms with Gasteiger partial charge in [-0.05, 0) is 19.1 Å². The molecule has 5 nitrogen and oxygen atoms in total. The molecule has 0 saturated heterocycles. The van der Waals surface area contributed by atoms with Crippen LogP contribution >= 0.6 is 0 Å². The van der Waals surface area contributed by atoms with Crippen LogP contribution in [0.1, 0.15) is 12.5 Å². The van der Waals surface area contributed by atoms with Crippen molar-refractivity contribution >= 4 is 11.5 Å². The van der Waals surface area contributed by atoms with Crippen LogP contribution < -0.4 is 10.6 Å². The van der Waals surface area contributed by atoms with Crippen LogP contribution in [-0.2, 0) is 0 Å². The average molecular weight is 259 g/mol. The SMILES string of the molecule is CC(O)CN(C)c1c(F)cc(C(N)=NO)cc1F. The smallest absolute Gasteiger partial charge is 0.170 e. The molecule has 0 aliphatic rings. The molecule has 1 aromatic rings. The standard InChI is InChI=1S/C11H15F2N3O2/c1-6(17)5-16(2)10-8(12)3-7(4-9(10)13)11(14)15-18/h3-4,6,17-18H,5H2,1-2H3,(H2,14,15). The lowest BCUT2D eigenvalue weighted by Crippen LogP contribution is -2.28. The summed E-state index contributed by atoms with van der Waals surface area (Å²) in [7, 11) is 1.46. The zero-order chi connectivity index (χ0) is 13.9. The second-order valence-corrected chi connectivity index (χ2v) is 4.00. The molecule has 0 bridgehead atoms. The Morgan fingerprint density at radius 1 is 1.44 bits per heavy atom. The molecule has 7 heteroatoms. The summed E-state index contributed by atoms with van der Waals surface area (Å²) in [4.78, 5) is 1.26. The topological polar surface area (TPSA) is 82.1 Å². The first-order valence-corrected chi connectivity index (χ1v) is 5.23. The molecule has 0 heterocycles. The normalized spacial score (nSPS) is 13.5. The lowest BCUT2D eigenvalue weighted by Gasteiger charge is -2.22. The minimum atomic E-state index is -0.847. The van der Waals surface area contributed by atoms with Crippen LogP contribution in [0, 0.1) is 11.6 Å². The quantitative estimate of drug-likeness (QED) is 0.324. The van der Waals surface area contributed by atoms with E-state index >= 15 is 0 Å². The summed E-state index contributed by atoms with van der Waals surface area (Å²) < 4.78 is 27.5. The first-order valence-electron chi connectivity index (χ1n) is 5.23. The number of amidine groups is 1. The number of oxime groups is 1. The van der Waals surface area contributed by atoms with Gasteiger partial charge in [0.1, 0.15) is 17.3 Å². The van der Waals surface area contributed by atoms with Gasteiger partial charge in [0, 0.05) is 19.2 Å². The van der Waals surface area contributed by atoms with Crippen LogP contribution in [0.2, 0.25) is 0 Å². The fourth-order valence-corrected chi connectivity index (χ4v) is 1.62. The third-order valence-corrected chi connectivity index (χ3v) is 2.34. The molecule has 1 unspecified atom stereocenters. The molecule has 0 saturated carbocycles. The minimum absolute atomic E-state index is 0.0540. The summed E-state index contributed by atoms with van der Waals surface area (Å²) in [6, 6.07) is 1.93. The Labute approximate surface area is 103 Å². The molecule has 0 aliphatic carbocycles. The van der Waals surface area contributed by atoms with Crippen molar-refractivity contribution < 1.29 is 19.1 Å². The average Bonchev–Trinajstić information content (AvgIpc) is 2.25. The van der Waals surface area contributed by atoms with Gasteiger partial charge in [-0.25, -0.2) is 8.78 Å². The van der Waals surface area contributed by atoms with E-state index < -0.39 is 17.7 Å². The summed E-state index contributed by atoms with van der Waals surface area (Å²) in [5, 5.41) is 20.3. The monoisotopic (exact) mass is 259 g/mol. The number of likely N-dealkylation sites (N-methyl/N-ethyl adjacent to an activating group) is 1. The Morgan fingerprint density at radius 3 is 2.33 bits per heavy atom. The molecule has 1 atom stereocenters. The van der Waals surface area contributed by atoms with Gasteiger partial charge >= 0.3 is 0 Å². The lowest BCUT2D eigenvalue weighted by atomic mass is 10.1. The highest BCUT2D eigenvalue weighted by Gasteiger charge is 2.17. The van der Waals surface area contributed by atoms with Gasteiger partial charge in [0.15, 0.2) is 5.84 Å². The van der Waals surface area contributed by atoms with Crippen molar-refractivity contribution in [3.05, 3.63) is 29.3 Å². The van der Waals surface area contributed by atoms with Crippen molar-refractivity contribution in [1.82, 2.24) is 0 Å². The van der Waals surface area contributed by atoms with E-state index in [1.54, 1.807) is 0 Å². The number of hydrogen-bond donors (Lipinski definition) is 3. The maximum Gasteiger partial charge on any atom is 0.170 e. The third kappa shape index (κ3) is 3.07. The Bertz CT molecular complexity index is 441. The molecule has 0 aliphatic heterocycles. The van der Waals surface area contributed by atoms with Crippen molar-refractivity contribution in [3.63, 3.8) is 0 Å². The molecule has 0 spiro atoms. The molecule has 0 amide bonds. The van der Waals surface area contributed by atoms with Gasteiger partial charge in [-0.3, -0.25) is 0 Å². The zero-order valence-electron chi connectivity index (χ0n) is 10.1. The number of nitrogens with two attached hydrogens (primary N) is 1. The molecule has 0 radical (unpaired) electrons. The van der Waals surface area contributed by atoms with Crippen LogP contribution in [-0.4, -0.2) is 35.8 Å². The predicted molar refractivity (Wildman–Crippen MR) is 63.8 cm³/mol. The molecular formula is C11H15F2N3O2. The molecule has 1 aromatic carbocycles. The fraction of sp³-hybridized carbons (Fsp3) is 0.364. The predicted octanol–water partition coefficient (Wildman–Crippen LogP) is 0.876. The minimum Gasteiger partial charge on any atom is -0.409 e. The van der Waals surface area contributed by atoms with Gasteiger partial charge in [0.25, 0.3) is 0 Å². The van der Waals surface area contributed by atoms with Crippen molar-refractivity contribution in [2.75, 3.05) is 18.5 Å². The third-order valence-electron chi connectivity index (χ3n) is 2.34. The maximum atomic E-state index is 13.8. The van der Waals surface area contributed by atoms with E-state index in [2.05, 4.69) is 5.16 Å². The van der Waals surface area contributed by atoms with E-state index in [9.17, 15) is 13.9 Å². The summed E-state index contributed by atoms with van der Waals surface area (Å²) in [5.74, 6) is -2.07. The molecule has 18 heavy (non-hydrogen) atoms. The summed E-state index contributed by atoms with van der Waals surface area (Å²) >= 11 is 0. The Kier molecular flexibility index (Phi) is 4.43. The van der Waals surface area contributed by atoms with Crippen LogP contribution in [0.25, 0.3) is 0 Å². The second kappa shape index (κ2) is 5.63. The van der Waals surface area contributed by atoms with Crippen molar-refractivity contribution in [1.29, 1.82) is 0 Å². The number of aliphatic hydroxyl groups is 1. The van der Waals surface area contributed by atoms with Gasteiger partial charge in [0.2, 0.25) is 0 Å². The molecule has 0 fully saturated rings. The van der Waals surface area contributed by atoms with E-state index in [0.717, 1.165) is 12.1 Å². The molecular weight excluding hydrogens is 244 g/mol. The van der Waals surface area contributed by atoms with E-state index in [1.807, 2.05) is 0 Å². The summed E-state index contributed by atoms with van der Waals surface area (Å²) in [6.45, 7) is 1.59. The van der Waals surface area contributed by atoms with Crippen LogP contribution in [0.3, 0.4) is 0 Å². The lowest BCUT2D eigenvalue weighted by molar-refractivity contribution is 0.201. The molecule has 1 rings (SSSR count). The first kappa shape index (κ1) is 14.2. The fourth-order valence-electron chi connectivity index (χ4n) is 1.62. The van der Waals surface area contributed by atoms with Gasteiger partial charge in [0.05, 0.1) is 6.10 Å². The van der Waals surface area contributed by atoms with Crippen molar-refractivity contribution in [2.24, 2.45) is 10.9 Å². The Hall–Kier alpha value is -1.89. The van der Waals surface area contributed by atoms with Crippen LogP contribution in [0.5, 0.6) is 0 Å². The van der Waals surface area contributed by atoms with Gasteiger partial charge < -0.3 is 20.9 Å². The Balaban J connectivity index is 3.16. The zero-order valence-corrected chi connectivity index (χ0v) is 10.1. The van der Waals surface area contributed by atoms with Crippen LogP contribution in [0.15, 0.2) is 17.3 Å². The number of hydrogen-bond acceptors (Lipinski definition) is 4. The van der Waals surface area contributed by atoms with Gasteiger partial charge in [-0.2, -0.15) is 0 Å². The Morgan fingerprint density at radius 2 is 1.94 bits per heavy atom. The summed E-state index contributed by atoms with van der Waals surface area (Å²) in [6.07, 6.45) is -0.724.